The van der Waals surface area contributed by atoms with Gasteiger partial charge in [-0.05, 0) is 28.5 Å². The number of aliphatic hydroxyl groups excluding tert-OH is 1. The van der Waals surface area contributed by atoms with Crippen LogP contribution in [0, 0.1) is 0 Å². The molecule has 194 valence electrons. The van der Waals surface area contributed by atoms with Crippen LogP contribution in [-0.2, 0) is 20.8 Å². The number of carbonyl (C=O) groups is 3. The lowest BCUT2D eigenvalue weighted by Gasteiger charge is -2.23. The minimum absolute atomic E-state index is 0.00694. The first kappa shape index (κ1) is 26.1. The highest BCUT2D eigenvalue weighted by Gasteiger charge is 2.26. The van der Waals surface area contributed by atoms with Crippen LogP contribution in [0.15, 0.2) is 66.7 Å². The van der Waals surface area contributed by atoms with Crippen molar-refractivity contribution in [2.45, 2.75) is 31.4 Å². The SMILES string of the molecule is NC[C@@H](O)CNC(=O)C(Cc1ccc2ccccc2c1)NC(=O)CCN1C(=O)CCOc2ccccc21. The second-order valence-corrected chi connectivity index (χ2v) is 9.00. The summed E-state index contributed by atoms with van der Waals surface area (Å²) >= 11 is 0. The van der Waals surface area contributed by atoms with Crippen LogP contribution in [0.3, 0.4) is 0 Å². The molecule has 5 N–H and O–H groups in total. The van der Waals surface area contributed by atoms with Crippen LogP contribution in [0.2, 0.25) is 0 Å². The summed E-state index contributed by atoms with van der Waals surface area (Å²) in [4.78, 5) is 40.2. The Kier molecular flexibility index (Phi) is 8.71. The van der Waals surface area contributed by atoms with Gasteiger partial charge in [-0.2, -0.15) is 0 Å². The van der Waals surface area contributed by atoms with Gasteiger partial charge in [-0.1, -0.05) is 54.6 Å². The first-order valence-corrected chi connectivity index (χ1v) is 12.4. The highest BCUT2D eigenvalue weighted by Crippen LogP contribution is 2.31. The molecule has 2 atom stereocenters. The predicted molar refractivity (Wildman–Crippen MR) is 141 cm³/mol. The molecule has 1 aliphatic heterocycles. The van der Waals surface area contributed by atoms with E-state index in [2.05, 4.69) is 10.6 Å². The third-order valence-corrected chi connectivity index (χ3v) is 6.28. The third-order valence-electron chi connectivity index (χ3n) is 6.28. The van der Waals surface area contributed by atoms with Gasteiger partial charge < -0.3 is 31.1 Å². The zero-order chi connectivity index (χ0) is 26.2. The maximum Gasteiger partial charge on any atom is 0.243 e. The quantitative estimate of drug-likeness (QED) is 0.331. The number of carbonyl (C=O) groups excluding carboxylic acids is 3. The number of hydrogen-bond acceptors (Lipinski definition) is 6. The van der Waals surface area contributed by atoms with E-state index in [0.29, 0.717) is 11.4 Å². The number of nitrogens with zero attached hydrogens (tertiary/aromatic N) is 1. The van der Waals surface area contributed by atoms with Crippen LogP contribution in [0.5, 0.6) is 5.75 Å². The lowest BCUT2D eigenvalue weighted by atomic mass is 10.0. The average molecular weight is 505 g/mol. The summed E-state index contributed by atoms with van der Waals surface area (Å²) in [5, 5.41) is 17.4. The largest absolute Gasteiger partial charge is 0.491 e. The van der Waals surface area contributed by atoms with Crippen molar-refractivity contribution < 1.29 is 24.2 Å². The summed E-state index contributed by atoms with van der Waals surface area (Å²) in [6.45, 7) is 0.429. The summed E-state index contributed by atoms with van der Waals surface area (Å²) < 4.78 is 5.66. The normalized spacial score (nSPS) is 14.8. The fourth-order valence-corrected chi connectivity index (χ4v) is 4.28. The molecule has 3 aromatic rings. The zero-order valence-corrected chi connectivity index (χ0v) is 20.6. The molecule has 0 saturated heterocycles. The molecule has 0 spiro atoms. The molecule has 1 heterocycles. The predicted octanol–water partition coefficient (Wildman–Crippen LogP) is 1.51. The van der Waals surface area contributed by atoms with Gasteiger partial charge in [0, 0.05) is 32.5 Å². The van der Waals surface area contributed by atoms with E-state index in [1.807, 2.05) is 54.6 Å². The van der Waals surface area contributed by atoms with E-state index in [0.717, 1.165) is 16.3 Å². The Morgan fingerprint density at radius 3 is 2.62 bits per heavy atom. The first-order valence-electron chi connectivity index (χ1n) is 12.4. The number of rotatable bonds is 10. The molecule has 0 aliphatic carbocycles. The van der Waals surface area contributed by atoms with Crippen molar-refractivity contribution in [1.82, 2.24) is 10.6 Å². The topological polar surface area (TPSA) is 134 Å². The fourth-order valence-electron chi connectivity index (χ4n) is 4.28. The van der Waals surface area contributed by atoms with Gasteiger partial charge in [0.25, 0.3) is 0 Å². The average Bonchev–Trinajstić information content (AvgIpc) is 3.07. The van der Waals surface area contributed by atoms with Crippen molar-refractivity contribution in [3.05, 3.63) is 72.3 Å². The molecule has 3 aromatic carbocycles. The summed E-state index contributed by atoms with van der Waals surface area (Å²) in [6.07, 6.45) is -0.391. The molecule has 0 radical (unpaired) electrons. The van der Waals surface area contributed by atoms with E-state index in [4.69, 9.17) is 10.5 Å². The van der Waals surface area contributed by atoms with Crippen LogP contribution < -0.4 is 26.0 Å². The fraction of sp³-hybridized carbons (Fsp3) is 0.321. The molecule has 0 saturated carbocycles. The smallest absolute Gasteiger partial charge is 0.243 e. The lowest BCUT2D eigenvalue weighted by Crippen LogP contribution is -2.50. The molecule has 4 rings (SSSR count). The Morgan fingerprint density at radius 1 is 1.05 bits per heavy atom. The Labute approximate surface area is 215 Å². The van der Waals surface area contributed by atoms with Gasteiger partial charge in [0.05, 0.1) is 24.8 Å². The standard InChI is InChI=1S/C28H32N4O5/c29-17-22(33)18-30-28(36)23(16-19-9-10-20-5-1-2-6-21(20)15-19)31-26(34)11-13-32-24-7-3-4-8-25(24)37-14-12-27(32)35/h1-10,15,22-23,33H,11-14,16-18,29H2,(H,30,36)(H,31,34)/t22-,23?/m1/s1. The third kappa shape index (κ3) is 6.84. The van der Waals surface area contributed by atoms with Crippen molar-refractivity contribution in [1.29, 1.82) is 0 Å². The van der Waals surface area contributed by atoms with Gasteiger partial charge >= 0.3 is 0 Å². The Bertz CT molecular complexity index is 1260. The highest BCUT2D eigenvalue weighted by molar-refractivity contribution is 5.96. The Morgan fingerprint density at radius 2 is 1.81 bits per heavy atom. The molecule has 1 aliphatic rings. The Balaban J connectivity index is 1.45. The molecule has 0 aromatic heterocycles. The number of aliphatic hydroxyl groups is 1. The first-order chi connectivity index (χ1) is 17.9. The molecule has 37 heavy (non-hydrogen) atoms. The zero-order valence-electron chi connectivity index (χ0n) is 20.6. The van der Waals surface area contributed by atoms with E-state index in [-0.39, 0.29) is 57.3 Å². The number of para-hydroxylation sites is 2. The van der Waals surface area contributed by atoms with Gasteiger partial charge in [0.1, 0.15) is 11.8 Å². The molecular formula is C28H32N4O5. The van der Waals surface area contributed by atoms with Gasteiger partial charge in [-0.15, -0.1) is 0 Å². The Hall–Kier alpha value is -3.95. The van der Waals surface area contributed by atoms with Crippen molar-refractivity contribution in [3.63, 3.8) is 0 Å². The number of fused-ring (bicyclic) bond motifs is 2. The number of amides is 3. The van der Waals surface area contributed by atoms with E-state index in [1.165, 1.54) is 0 Å². The second-order valence-electron chi connectivity index (χ2n) is 9.00. The van der Waals surface area contributed by atoms with E-state index < -0.39 is 18.1 Å². The molecule has 3 amide bonds. The lowest BCUT2D eigenvalue weighted by molar-refractivity contribution is -0.129. The van der Waals surface area contributed by atoms with Crippen LogP contribution in [0.25, 0.3) is 10.8 Å². The molecule has 0 bridgehead atoms. The molecule has 9 heteroatoms. The number of nitrogens with one attached hydrogen (secondary N) is 2. The maximum atomic E-state index is 13.0. The minimum Gasteiger partial charge on any atom is -0.491 e. The van der Waals surface area contributed by atoms with Crippen molar-refractivity contribution >= 4 is 34.2 Å². The van der Waals surface area contributed by atoms with Gasteiger partial charge in [0.15, 0.2) is 0 Å². The van der Waals surface area contributed by atoms with Crippen LogP contribution in [-0.4, -0.2) is 61.2 Å². The van der Waals surface area contributed by atoms with Gasteiger partial charge in [-0.3, -0.25) is 14.4 Å². The van der Waals surface area contributed by atoms with Gasteiger partial charge in [0.2, 0.25) is 17.7 Å². The van der Waals surface area contributed by atoms with E-state index in [1.54, 1.807) is 17.0 Å². The van der Waals surface area contributed by atoms with Gasteiger partial charge in [-0.25, -0.2) is 0 Å². The summed E-state index contributed by atoms with van der Waals surface area (Å²) in [7, 11) is 0. The monoisotopic (exact) mass is 504 g/mol. The summed E-state index contributed by atoms with van der Waals surface area (Å²) in [6, 6.07) is 20.1. The number of hydrogen-bond donors (Lipinski definition) is 4. The van der Waals surface area contributed by atoms with Crippen LogP contribution >= 0.6 is 0 Å². The number of benzene rings is 3. The molecule has 0 fully saturated rings. The number of anilines is 1. The van der Waals surface area contributed by atoms with Crippen molar-refractivity contribution in [3.8, 4) is 5.75 Å². The summed E-state index contributed by atoms with van der Waals surface area (Å²) in [5.74, 6) is -0.311. The number of ether oxygens (including phenoxy) is 1. The second kappa shape index (κ2) is 12.3. The highest BCUT2D eigenvalue weighted by atomic mass is 16.5. The van der Waals surface area contributed by atoms with Crippen LogP contribution in [0.1, 0.15) is 18.4 Å². The van der Waals surface area contributed by atoms with E-state index >= 15 is 0 Å². The molecular weight excluding hydrogens is 472 g/mol. The van der Waals surface area contributed by atoms with Crippen LogP contribution in [0.4, 0.5) is 5.69 Å². The minimum atomic E-state index is -0.877. The molecule has 1 unspecified atom stereocenters. The van der Waals surface area contributed by atoms with Crippen molar-refractivity contribution in [2.75, 3.05) is 31.1 Å². The number of nitrogens with two attached hydrogens (primary N) is 1. The maximum absolute atomic E-state index is 13.0. The molecule has 9 nitrogen and oxygen atoms in total. The van der Waals surface area contributed by atoms with Crippen molar-refractivity contribution in [2.24, 2.45) is 5.73 Å². The summed E-state index contributed by atoms with van der Waals surface area (Å²) in [5.41, 5.74) is 6.95. The van der Waals surface area contributed by atoms with E-state index in [9.17, 15) is 19.5 Å².